The predicted octanol–water partition coefficient (Wildman–Crippen LogP) is 4.23. The fraction of sp³-hybridized carbons (Fsp3) is 1.00. The standard InChI is InChI=1S/C14H31N/c1-6-13(5)11-14(7-2)15-10-8-9-12(3)4/h12-15H,6-11H2,1-5H3. The van der Waals surface area contributed by atoms with Crippen molar-refractivity contribution in [2.45, 2.75) is 72.8 Å². The van der Waals surface area contributed by atoms with Crippen LogP contribution < -0.4 is 5.32 Å². The first-order valence-corrected chi connectivity index (χ1v) is 6.83. The highest BCUT2D eigenvalue weighted by Crippen LogP contribution is 2.12. The van der Waals surface area contributed by atoms with E-state index in [0.29, 0.717) is 0 Å². The Hall–Kier alpha value is -0.0400. The second kappa shape index (κ2) is 9.21. The second-order valence-corrected chi connectivity index (χ2v) is 5.34. The minimum Gasteiger partial charge on any atom is -0.314 e. The van der Waals surface area contributed by atoms with Crippen molar-refractivity contribution in [1.29, 1.82) is 0 Å². The molecular formula is C14H31N. The zero-order valence-electron chi connectivity index (χ0n) is 11.5. The van der Waals surface area contributed by atoms with E-state index in [0.717, 1.165) is 17.9 Å². The molecule has 0 aromatic heterocycles. The maximum absolute atomic E-state index is 3.69. The summed E-state index contributed by atoms with van der Waals surface area (Å²) in [5.74, 6) is 1.72. The molecular weight excluding hydrogens is 182 g/mol. The first-order valence-electron chi connectivity index (χ1n) is 6.83. The maximum atomic E-state index is 3.69. The molecule has 1 nitrogen and oxygen atoms in total. The van der Waals surface area contributed by atoms with Crippen molar-refractivity contribution in [2.24, 2.45) is 11.8 Å². The molecule has 0 aromatic carbocycles. The summed E-state index contributed by atoms with van der Waals surface area (Å²) in [7, 11) is 0. The molecule has 0 aliphatic rings. The van der Waals surface area contributed by atoms with Crippen LogP contribution in [0.3, 0.4) is 0 Å². The first-order chi connectivity index (χ1) is 7.10. The molecule has 0 amide bonds. The third-order valence-corrected chi connectivity index (χ3v) is 3.27. The van der Waals surface area contributed by atoms with Crippen LogP contribution in [0.1, 0.15) is 66.7 Å². The van der Waals surface area contributed by atoms with Crippen molar-refractivity contribution in [2.75, 3.05) is 6.54 Å². The van der Waals surface area contributed by atoms with Gasteiger partial charge in [-0.1, -0.05) is 41.0 Å². The van der Waals surface area contributed by atoms with Gasteiger partial charge in [-0.05, 0) is 44.1 Å². The summed E-state index contributed by atoms with van der Waals surface area (Å²) in [5.41, 5.74) is 0. The van der Waals surface area contributed by atoms with Gasteiger partial charge in [0.15, 0.2) is 0 Å². The summed E-state index contributed by atoms with van der Waals surface area (Å²) < 4.78 is 0. The van der Waals surface area contributed by atoms with Gasteiger partial charge in [-0.15, -0.1) is 0 Å². The Morgan fingerprint density at radius 2 is 1.67 bits per heavy atom. The van der Waals surface area contributed by atoms with Crippen LogP contribution in [0.4, 0.5) is 0 Å². The SMILES string of the molecule is CCC(C)CC(CC)NCCCC(C)C. The van der Waals surface area contributed by atoms with Crippen molar-refractivity contribution in [3.8, 4) is 0 Å². The highest BCUT2D eigenvalue weighted by atomic mass is 14.9. The quantitative estimate of drug-likeness (QED) is 0.565. The molecule has 1 N–H and O–H groups in total. The minimum atomic E-state index is 0.743. The van der Waals surface area contributed by atoms with Crippen LogP contribution in [0, 0.1) is 11.8 Å². The predicted molar refractivity (Wildman–Crippen MR) is 70.2 cm³/mol. The van der Waals surface area contributed by atoms with E-state index in [1.807, 2.05) is 0 Å². The van der Waals surface area contributed by atoms with Crippen LogP contribution in [0.5, 0.6) is 0 Å². The number of hydrogen-bond donors (Lipinski definition) is 1. The van der Waals surface area contributed by atoms with Crippen molar-refractivity contribution in [3.05, 3.63) is 0 Å². The molecule has 0 spiro atoms. The normalized spacial score (nSPS) is 15.6. The zero-order valence-corrected chi connectivity index (χ0v) is 11.5. The van der Waals surface area contributed by atoms with Crippen molar-refractivity contribution in [3.63, 3.8) is 0 Å². The van der Waals surface area contributed by atoms with Crippen molar-refractivity contribution < 1.29 is 0 Å². The number of rotatable bonds is 9. The minimum absolute atomic E-state index is 0.743. The molecule has 0 aromatic rings. The fourth-order valence-electron chi connectivity index (χ4n) is 1.86. The van der Waals surface area contributed by atoms with E-state index in [9.17, 15) is 0 Å². The van der Waals surface area contributed by atoms with Gasteiger partial charge < -0.3 is 5.32 Å². The van der Waals surface area contributed by atoms with Crippen LogP contribution in [0.15, 0.2) is 0 Å². The average Bonchev–Trinajstić information content (AvgIpc) is 2.21. The topological polar surface area (TPSA) is 12.0 Å². The third-order valence-electron chi connectivity index (χ3n) is 3.27. The zero-order chi connectivity index (χ0) is 11.7. The Morgan fingerprint density at radius 3 is 2.13 bits per heavy atom. The monoisotopic (exact) mass is 213 g/mol. The lowest BCUT2D eigenvalue weighted by Crippen LogP contribution is -2.31. The molecule has 0 rings (SSSR count). The molecule has 0 bridgehead atoms. The average molecular weight is 213 g/mol. The fourth-order valence-corrected chi connectivity index (χ4v) is 1.86. The summed E-state index contributed by atoms with van der Waals surface area (Å²) in [6.45, 7) is 12.7. The molecule has 0 aliphatic heterocycles. The lowest BCUT2D eigenvalue weighted by Gasteiger charge is -2.20. The molecule has 2 unspecified atom stereocenters. The van der Waals surface area contributed by atoms with E-state index in [1.54, 1.807) is 0 Å². The van der Waals surface area contributed by atoms with Gasteiger partial charge in [0.1, 0.15) is 0 Å². The smallest absolute Gasteiger partial charge is 0.00669 e. The number of nitrogens with one attached hydrogen (secondary N) is 1. The van der Waals surface area contributed by atoms with Crippen molar-refractivity contribution >= 4 is 0 Å². The van der Waals surface area contributed by atoms with E-state index in [4.69, 9.17) is 0 Å². The molecule has 2 atom stereocenters. The molecule has 15 heavy (non-hydrogen) atoms. The molecule has 0 saturated heterocycles. The van der Waals surface area contributed by atoms with Crippen LogP contribution >= 0.6 is 0 Å². The van der Waals surface area contributed by atoms with Crippen LogP contribution in [-0.2, 0) is 0 Å². The third kappa shape index (κ3) is 8.92. The highest BCUT2D eigenvalue weighted by Gasteiger charge is 2.09. The van der Waals surface area contributed by atoms with E-state index < -0.39 is 0 Å². The summed E-state index contributed by atoms with van der Waals surface area (Å²) in [5, 5.41) is 3.69. The summed E-state index contributed by atoms with van der Waals surface area (Å²) in [6, 6.07) is 0.743. The Balaban J connectivity index is 3.52. The van der Waals surface area contributed by atoms with Crippen molar-refractivity contribution in [1.82, 2.24) is 5.32 Å². The summed E-state index contributed by atoms with van der Waals surface area (Å²) in [6.07, 6.45) is 6.60. The maximum Gasteiger partial charge on any atom is 0.00669 e. The van der Waals surface area contributed by atoms with Gasteiger partial charge in [-0.25, -0.2) is 0 Å². The Bertz CT molecular complexity index is 131. The molecule has 0 aliphatic carbocycles. The Labute approximate surface area is 97.0 Å². The lowest BCUT2D eigenvalue weighted by molar-refractivity contribution is 0.378. The number of hydrogen-bond acceptors (Lipinski definition) is 1. The van der Waals surface area contributed by atoms with E-state index in [2.05, 4.69) is 39.9 Å². The summed E-state index contributed by atoms with van der Waals surface area (Å²) in [4.78, 5) is 0. The van der Waals surface area contributed by atoms with Gasteiger partial charge in [-0.2, -0.15) is 0 Å². The molecule has 0 saturated carbocycles. The van der Waals surface area contributed by atoms with Crippen LogP contribution in [0.25, 0.3) is 0 Å². The summed E-state index contributed by atoms with van der Waals surface area (Å²) >= 11 is 0. The van der Waals surface area contributed by atoms with Gasteiger partial charge in [0.25, 0.3) is 0 Å². The van der Waals surface area contributed by atoms with Gasteiger partial charge >= 0.3 is 0 Å². The van der Waals surface area contributed by atoms with E-state index in [-0.39, 0.29) is 0 Å². The van der Waals surface area contributed by atoms with Crippen LogP contribution in [0.2, 0.25) is 0 Å². The molecule has 0 fully saturated rings. The van der Waals surface area contributed by atoms with E-state index >= 15 is 0 Å². The van der Waals surface area contributed by atoms with E-state index in [1.165, 1.54) is 38.6 Å². The molecule has 92 valence electrons. The van der Waals surface area contributed by atoms with Gasteiger partial charge in [0.05, 0.1) is 0 Å². The molecule has 1 heteroatoms. The Morgan fingerprint density at radius 1 is 1.00 bits per heavy atom. The Kier molecular flexibility index (Phi) is 9.18. The first kappa shape index (κ1) is 15.0. The molecule has 0 radical (unpaired) electrons. The largest absolute Gasteiger partial charge is 0.314 e. The van der Waals surface area contributed by atoms with Crippen LogP contribution in [-0.4, -0.2) is 12.6 Å². The lowest BCUT2D eigenvalue weighted by atomic mass is 9.97. The highest BCUT2D eigenvalue weighted by molar-refractivity contribution is 4.68. The van der Waals surface area contributed by atoms with Gasteiger partial charge in [0.2, 0.25) is 0 Å². The second-order valence-electron chi connectivity index (χ2n) is 5.34. The van der Waals surface area contributed by atoms with Gasteiger partial charge in [0, 0.05) is 6.04 Å². The molecule has 0 heterocycles. The van der Waals surface area contributed by atoms with Gasteiger partial charge in [-0.3, -0.25) is 0 Å².